The van der Waals surface area contributed by atoms with Gasteiger partial charge in [-0.25, -0.2) is 4.98 Å². The van der Waals surface area contributed by atoms with Crippen molar-refractivity contribution in [1.29, 1.82) is 0 Å². The zero-order chi connectivity index (χ0) is 15.8. The van der Waals surface area contributed by atoms with Crippen molar-refractivity contribution >= 4 is 32.6 Å². The number of nitrogens with two attached hydrogens (primary N) is 1. The molecule has 0 fully saturated rings. The Labute approximate surface area is 123 Å². The number of carbonyl (C=O) groups excluding carboxylic acids is 1. The van der Waals surface area contributed by atoms with Crippen molar-refractivity contribution in [1.82, 2.24) is 4.98 Å². The monoisotopic (exact) mass is 317 g/mol. The van der Waals surface area contributed by atoms with E-state index in [1.807, 2.05) is 0 Å². The molecule has 0 saturated carbocycles. The van der Waals surface area contributed by atoms with E-state index in [2.05, 4.69) is 10.3 Å². The number of rotatable bonds is 4. The number of primary amides is 1. The zero-order valence-electron chi connectivity index (χ0n) is 11.4. The van der Waals surface area contributed by atoms with Gasteiger partial charge in [-0.1, -0.05) is 11.3 Å². The van der Waals surface area contributed by atoms with E-state index < -0.39 is 23.2 Å². The van der Waals surface area contributed by atoms with Crippen molar-refractivity contribution in [2.75, 3.05) is 5.32 Å². The average Bonchev–Trinajstić information content (AvgIpc) is 2.65. The number of alkyl halides is 3. The van der Waals surface area contributed by atoms with Gasteiger partial charge in [-0.2, -0.15) is 13.2 Å². The third kappa shape index (κ3) is 3.84. The number of hydrogen-bond acceptors (Lipinski definition) is 4. The number of anilines is 1. The molecule has 1 aromatic carbocycles. The lowest BCUT2D eigenvalue weighted by Crippen LogP contribution is -2.35. The molecule has 0 aliphatic heterocycles. The van der Waals surface area contributed by atoms with Crippen LogP contribution in [-0.4, -0.2) is 16.4 Å². The second-order valence-corrected chi connectivity index (χ2v) is 6.38. The zero-order valence-corrected chi connectivity index (χ0v) is 12.2. The van der Waals surface area contributed by atoms with Crippen LogP contribution in [0.4, 0.5) is 18.3 Å². The van der Waals surface area contributed by atoms with Crippen LogP contribution in [0.1, 0.15) is 25.8 Å². The van der Waals surface area contributed by atoms with Crippen molar-refractivity contribution in [3.8, 4) is 0 Å². The third-order valence-corrected chi connectivity index (χ3v) is 3.73. The smallest absolute Gasteiger partial charge is 0.370 e. The van der Waals surface area contributed by atoms with Gasteiger partial charge in [-0.15, -0.1) is 0 Å². The Morgan fingerprint density at radius 3 is 2.62 bits per heavy atom. The lowest BCUT2D eigenvalue weighted by molar-refractivity contribution is -0.137. The summed E-state index contributed by atoms with van der Waals surface area (Å²) in [5.41, 5.74) is 4.07. The Kier molecular flexibility index (Phi) is 3.83. The van der Waals surface area contributed by atoms with Crippen LogP contribution in [-0.2, 0) is 11.0 Å². The van der Waals surface area contributed by atoms with Crippen molar-refractivity contribution in [2.24, 2.45) is 5.73 Å². The van der Waals surface area contributed by atoms with E-state index in [-0.39, 0.29) is 11.9 Å². The normalized spacial score (nSPS) is 12.6. The molecule has 0 unspecified atom stereocenters. The molecule has 114 valence electrons. The summed E-state index contributed by atoms with van der Waals surface area (Å²) in [7, 11) is 0. The summed E-state index contributed by atoms with van der Waals surface area (Å²) in [5.74, 6) is -0.465. The Bertz CT molecular complexity index is 679. The van der Waals surface area contributed by atoms with Crippen molar-refractivity contribution in [3.05, 3.63) is 23.8 Å². The number of amides is 1. The highest BCUT2D eigenvalue weighted by Crippen LogP contribution is 2.34. The number of hydrogen-bond donors (Lipinski definition) is 2. The molecule has 0 aliphatic rings. The predicted molar refractivity (Wildman–Crippen MR) is 76.1 cm³/mol. The van der Waals surface area contributed by atoms with Gasteiger partial charge in [0.05, 0.1) is 15.8 Å². The Morgan fingerprint density at radius 1 is 1.38 bits per heavy atom. The molecule has 21 heavy (non-hydrogen) atoms. The minimum atomic E-state index is -4.39. The van der Waals surface area contributed by atoms with E-state index in [9.17, 15) is 18.0 Å². The van der Waals surface area contributed by atoms with Crippen LogP contribution >= 0.6 is 11.3 Å². The van der Waals surface area contributed by atoms with E-state index in [4.69, 9.17) is 5.73 Å². The summed E-state index contributed by atoms with van der Waals surface area (Å²) in [4.78, 5) is 15.1. The van der Waals surface area contributed by atoms with Gasteiger partial charge in [0.15, 0.2) is 5.13 Å². The molecule has 4 nitrogen and oxygen atoms in total. The Morgan fingerprint density at radius 2 is 2.05 bits per heavy atom. The number of nitrogens with one attached hydrogen (secondary N) is 1. The van der Waals surface area contributed by atoms with Gasteiger partial charge in [0.2, 0.25) is 5.91 Å². The van der Waals surface area contributed by atoms with E-state index in [0.29, 0.717) is 9.83 Å². The van der Waals surface area contributed by atoms with E-state index in [1.165, 1.54) is 17.4 Å². The summed E-state index contributed by atoms with van der Waals surface area (Å²) in [6, 6.07) is 3.43. The lowest BCUT2D eigenvalue weighted by atomic mass is 10.0. The van der Waals surface area contributed by atoms with E-state index in [1.54, 1.807) is 13.8 Å². The summed E-state index contributed by atoms with van der Waals surface area (Å²) in [6.07, 6.45) is -4.30. The maximum Gasteiger partial charge on any atom is 0.416 e. The van der Waals surface area contributed by atoms with E-state index >= 15 is 0 Å². The second kappa shape index (κ2) is 5.18. The Hall–Kier alpha value is -1.83. The molecule has 0 spiro atoms. The largest absolute Gasteiger partial charge is 0.416 e. The number of thiazole rings is 1. The van der Waals surface area contributed by atoms with E-state index in [0.717, 1.165) is 12.1 Å². The Balaban J connectivity index is 2.29. The first-order chi connectivity index (χ1) is 9.57. The van der Waals surface area contributed by atoms with Gasteiger partial charge in [0.1, 0.15) is 0 Å². The molecule has 0 atom stereocenters. The van der Waals surface area contributed by atoms with Crippen LogP contribution in [0.5, 0.6) is 0 Å². The fourth-order valence-electron chi connectivity index (χ4n) is 1.93. The SMILES string of the molecule is CC(C)(CC(N)=O)Nc1nc2cc(C(F)(F)F)ccc2s1. The number of fused-ring (bicyclic) bond motifs is 1. The molecule has 1 amide bonds. The van der Waals surface area contributed by atoms with Crippen LogP contribution < -0.4 is 11.1 Å². The minimum absolute atomic E-state index is 0.0940. The molecule has 0 bridgehead atoms. The highest BCUT2D eigenvalue weighted by molar-refractivity contribution is 7.22. The number of halogens is 3. The molecular formula is C13H14F3N3OS. The van der Waals surface area contributed by atoms with Crippen LogP contribution in [0.15, 0.2) is 18.2 Å². The van der Waals surface area contributed by atoms with Gasteiger partial charge < -0.3 is 11.1 Å². The maximum absolute atomic E-state index is 12.6. The van der Waals surface area contributed by atoms with Crippen molar-refractivity contribution in [3.63, 3.8) is 0 Å². The summed E-state index contributed by atoms with van der Waals surface area (Å²) in [5, 5.41) is 3.48. The van der Waals surface area contributed by atoms with Gasteiger partial charge in [0.25, 0.3) is 0 Å². The topological polar surface area (TPSA) is 68.0 Å². The number of benzene rings is 1. The van der Waals surface area contributed by atoms with Gasteiger partial charge in [-0.3, -0.25) is 4.79 Å². The summed E-state index contributed by atoms with van der Waals surface area (Å²) in [6.45, 7) is 3.54. The summed E-state index contributed by atoms with van der Waals surface area (Å²) < 4.78 is 38.6. The minimum Gasteiger partial charge on any atom is -0.370 e. The van der Waals surface area contributed by atoms with Crippen LogP contribution in [0, 0.1) is 0 Å². The maximum atomic E-state index is 12.6. The predicted octanol–water partition coefficient (Wildman–Crippen LogP) is 3.38. The molecule has 1 aromatic heterocycles. The van der Waals surface area contributed by atoms with Gasteiger partial charge in [0, 0.05) is 12.0 Å². The number of carbonyl (C=O) groups is 1. The first-order valence-corrected chi connectivity index (χ1v) is 6.93. The molecular weight excluding hydrogens is 303 g/mol. The van der Waals surface area contributed by atoms with Crippen molar-refractivity contribution in [2.45, 2.75) is 32.0 Å². The molecule has 0 radical (unpaired) electrons. The molecule has 1 heterocycles. The standard InChI is InChI=1S/C13H14F3N3OS/c1-12(2,6-10(17)20)19-11-18-8-5-7(13(14,15)16)3-4-9(8)21-11/h3-5H,6H2,1-2H3,(H2,17,20)(H,18,19). The highest BCUT2D eigenvalue weighted by atomic mass is 32.1. The van der Waals surface area contributed by atoms with Gasteiger partial charge in [-0.05, 0) is 32.0 Å². The van der Waals surface area contributed by atoms with Crippen LogP contribution in [0.3, 0.4) is 0 Å². The third-order valence-electron chi connectivity index (χ3n) is 2.78. The first-order valence-electron chi connectivity index (χ1n) is 6.11. The summed E-state index contributed by atoms with van der Waals surface area (Å²) >= 11 is 1.23. The lowest BCUT2D eigenvalue weighted by Gasteiger charge is -2.24. The van der Waals surface area contributed by atoms with Gasteiger partial charge >= 0.3 is 6.18 Å². The fraction of sp³-hybridized carbons (Fsp3) is 0.385. The highest BCUT2D eigenvalue weighted by Gasteiger charge is 2.31. The number of nitrogens with zero attached hydrogens (tertiary/aromatic N) is 1. The molecule has 2 rings (SSSR count). The fourth-order valence-corrected chi connectivity index (χ4v) is 2.95. The molecule has 2 aromatic rings. The average molecular weight is 317 g/mol. The molecule has 0 saturated heterocycles. The molecule has 0 aliphatic carbocycles. The van der Waals surface area contributed by atoms with Crippen molar-refractivity contribution < 1.29 is 18.0 Å². The molecule has 3 N–H and O–H groups in total. The van der Waals surface area contributed by atoms with Crippen LogP contribution in [0.2, 0.25) is 0 Å². The van der Waals surface area contributed by atoms with Crippen LogP contribution in [0.25, 0.3) is 10.2 Å². The quantitative estimate of drug-likeness (QED) is 0.908. The molecule has 8 heteroatoms. The number of aromatic nitrogens is 1. The second-order valence-electron chi connectivity index (χ2n) is 5.35. The first kappa shape index (κ1) is 15.6.